The summed E-state index contributed by atoms with van der Waals surface area (Å²) in [6.07, 6.45) is 0. The largest absolute Gasteiger partial charge is 0.534 e. The third-order valence-corrected chi connectivity index (χ3v) is 11.4. The number of furan rings is 1. The van der Waals surface area contributed by atoms with Crippen LogP contribution in [0.2, 0.25) is 0 Å². The van der Waals surface area contributed by atoms with Crippen LogP contribution in [0.4, 0.5) is 30.2 Å². The molecule has 10 heteroatoms. The molecule has 0 N–H and O–H groups in total. The van der Waals surface area contributed by atoms with Crippen molar-refractivity contribution in [2.75, 3.05) is 4.90 Å². The van der Waals surface area contributed by atoms with Gasteiger partial charge in [-0.05, 0) is 82.9 Å². The van der Waals surface area contributed by atoms with E-state index in [0.29, 0.717) is 16.8 Å². The molecule has 0 aliphatic carbocycles. The van der Waals surface area contributed by atoms with Crippen molar-refractivity contribution in [1.29, 1.82) is 0 Å². The molecule has 5 nitrogen and oxygen atoms in total. The van der Waals surface area contributed by atoms with Gasteiger partial charge in [-0.2, -0.15) is 21.6 Å². The predicted octanol–water partition coefficient (Wildman–Crippen LogP) is 13.0. The van der Waals surface area contributed by atoms with E-state index in [1.165, 1.54) is 23.5 Å². The molecular formula is C43H26F3NO4S2. The first-order valence-electron chi connectivity index (χ1n) is 16.6. The molecule has 9 rings (SSSR count). The number of thiophene rings is 1. The van der Waals surface area contributed by atoms with Gasteiger partial charge in [0, 0.05) is 43.7 Å². The monoisotopic (exact) mass is 741 g/mol. The molecule has 0 spiro atoms. The Morgan fingerprint density at radius 3 is 1.87 bits per heavy atom. The molecule has 0 fully saturated rings. The fraction of sp³-hybridized carbons (Fsp3) is 0.0233. The van der Waals surface area contributed by atoms with Gasteiger partial charge in [-0.3, -0.25) is 0 Å². The van der Waals surface area contributed by atoms with Gasteiger partial charge in [-0.15, -0.1) is 11.3 Å². The highest BCUT2D eigenvalue weighted by Gasteiger charge is 2.48. The Labute approximate surface area is 305 Å². The summed E-state index contributed by atoms with van der Waals surface area (Å²) in [7, 11) is -5.97. The Morgan fingerprint density at radius 1 is 0.547 bits per heavy atom. The quantitative estimate of drug-likeness (QED) is 0.120. The number of hydrogen-bond donors (Lipinski definition) is 0. The normalized spacial score (nSPS) is 12.2. The zero-order valence-corrected chi connectivity index (χ0v) is 29.2. The molecule has 0 radical (unpaired) electrons. The summed E-state index contributed by atoms with van der Waals surface area (Å²) in [4.78, 5) is 1.90. The van der Waals surface area contributed by atoms with Crippen molar-refractivity contribution in [3.8, 4) is 28.0 Å². The topological polar surface area (TPSA) is 59.8 Å². The first-order valence-corrected chi connectivity index (χ1v) is 18.8. The van der Waals surface area contributed by atoms with Gasteiger partial charge in [0.25, 0.3) is 0 Å². The van der Waals surface area contributed by atoms with Crippen LogP contribution in [-0.2, 0) is 10.1 Å². The number of rotatable bonds is 7. The van der Waals surface area contributed by atoms with Gasteiger partial charge in [-0.1, -0.05) is 91.0 Å². The van der Waals surface area contributed by atoms with Gasteiger partial charge in [-0.25, -0.2) is 0 Å². The molecule has 0 saturated heterocycles. The first-order chi connectivity index (χ1) is 25.6. The van der Waals surface area contributed by atoms with Crippen LogP contribution in [0.15, 0.2) is 162 Å². The molecule has 7 aromatic carbocycles. The number of fused-ring (bicyclic) bond motifs is 6. The minimum atomic E-state index is -5.97. The van der Waals surface area contributed by atoms with Gasteiger partial charge >= 0.3 is 15.6 Å². The number of alkyl halides is 3. The van der Waals surface area contributed by atoms with E-state index >= 15 is 0 Å². The third-order valence-electron chi connectivity index (χ3n) is 9.21. The highest BCUT2D eigenvalue weighted by Crippen LogP contribution is 2.48. The van der Waals surface area contributed by atoms with Crippen molar-refractivity contribution in [2.45, 2.75) is 5.51 Å². The molecule has 0 saturated carbocycles. The molecule has 0 aliphatic rings. The molecule has 0 aliphatic heterocycles. The third kappa shape index (κ3) is 5.86. The van der Waals surface area contributed by atoms with Crippen molar-refractivity contribution < 1.29 is 30.2 Å². The minimum absolute atomic E-state index is 0.456. The fourth-order valence-corrected chi connectivity index (χ4v) is 8.36. The zero-order valence-electron chi connectivity index (χ0n) is 27.5. The van der Waals surface area contributed by atoms with Crippen LogP contribution >= 0.6 is 11.3 Å². The fourth-order valence-electron chi connectivity index (χ4n) is 6.75. The summed E-state index contributed by atoms with van der Waals surface area (Å²) < 4.78 is 78.4. The van der Waals surface area contributed by atoms with Gasteiger partial charge in [0.05, 0.1) is 10.4 Å². The number of anilines is 3. The maximum absolute atomic E-state index is 13.7. The Morgan fingerprint density at radius 2 is 1.13 bits per heavy atom. The van der Waals surface area contributed by atoms with E-state index in [1.807, 2.05) is 144 Å². The van der Waals surface area contributed by atoms with Crippen LogP contribution in [0.25, 0.3) is 64.4 Å². The Balaban J connectivity index is 1.25. The second-order valence-electron chi connectivity index (χ2n) is 12.5. The lowest BCUT2D eigenvalue weighted by Crippen LogP contribution is -2.28. The average Bonchev–Trinajstić information content (AvgIpc) is 3.73. The van der Waals surface area contributed by atoms with E-state index < -0.39 is 21.4 Å². The summed E-state index contributed by atoms with van der Waals surface area (Å²) in [5.74, 6) is -0.456. The lowest BCUT2D eigenvalue weighted by atomic mass is 10.0. The van der Waals surface area contributed by atoms with Gasteiger partial charge in [0.1, 0.15) is 16.9 Å². The van der Waals surface area contributed by atoms with E-state index in [2.05, 4.69) is 6.07 Å². The van der Waals surface area contributed by atoms with E-state index in [4.69, 9.17) is 8.60 Å². The van der Waals surface area contributed by atoms with Crippen molar-refractivity contribution in [1.82, 2.24) is 0 Å². The number of nitrogens with zero attached hydrogens (tertiary/aromatic N) is 1. The molecule has 260 valence electrons. The summed E-state index contributed by atoms with van der Waals surface area (Å²) in [5, 5.41) is 3.23. The van der Waals surface area contributed by atoms with Crippen molar-refractivity contribution >= 4 is 80.6 Å². The van der Waals surface area contributed by atoms with E-state index in [9.17, 15) is 21.6 Å². The van der Waals surface area contributed by atoms with Crippen molar-refractivity contribution in [3.63, 3.8) is 0 Å². The molecule has 2 aromatic heterocycles. The lowest BCUT2D eigenvalue weighted by Gasteiger charge is -2.26. The molecule has 0 atom stereocenters. The predicted molar refractivity (Wildman–Crippen MR) is 208 cm³/mol. The Hall–Kier alpha value is -6.10. The number of halogens is 3. The van der Waals surface area contributed by atoms with Crippen LogP contribution in [0.3, 0.4) is 0 Å². The zero-order chi connectivity index (χ0) is 36.3. The maximum Gasteiger partial charge on any atom is 0.534 e. The van der Waals surface area contributed by atoms with Gasteiger partial charge in [0.2, 0.25) is 0 Å². The van der Waals surface area contributed by atoms with Crippen molar-refractivity contribution in [2.24, 2.45) is 0 Å². The molecular weight excluding hydrogens is 716 g/mol. The number of para-hydroxylation sites is 2. The van der Waals surface area contributed by atoms with Crippen LogP contribution in [0.5, 0.6) is 5.75 Å². The van der Waals surface area contributed by atoms with E-state index in [1.54, 1.807) is 0 Å². The van der Waals surface area contributed by atoms with Crippen LogP contribution in [0, 0.1) is 0 Å². The number of benzene rings is 7. The molecule has 9 aromatic rings. The summed E-state index contributed by atoms with van der Waals surface area (Å²) in [6, 6.07) is 49.5. The molecule has 0 bridgehead atoms. The van der Waals surface area contributed by atoms with Crippen LogP contribution < -0.4 is 9.08 Å². The SMILES string of the molecule is O=S(=O)(Oc1cc(N(c2ccccc2)c2ccc(-c3ccccc3)cc2)c2sc3ccc(-c4ccc5oc6ccccc6c5c4)cc3c2c1)C(F)(F)F. The van der Waals surface area contributed by atoms with Crippen molar-refractivity contribution in [3.05, 3.63) is 158 Å². The second kappa shape index (κ2) is 12.5. The van der Waals surface area contributed by atoms with Gasteiger partial charge < -0.3 is 13.5 Å². The molecule has 0 unspecified atom stereocenters. The smallest absolute Gasteiger partial charge is 0.456 e. The Bertz CT molecular complexity index is 2920. The molecule has 2 heterocycles. The number of hydrogen-bond acceptors (Lipinski definition) is 6. The van der Waals surface area contributed by atoms with Gasteiger partial charge in [0.15, 0.2) is 0 Å². The summed E-state index contributed by atoms with van der Waals surface area (Å²) in [5.41, 5.74) is 1.62. The van der Waals surface area contributed by atoms with Crippen LogP contribution in [-0.4, -0.2) is 13.9 Å². The average molecular weight is 742 g/mol. The lowest BCUT2D eigenvalue weighted by molar-refractivity contribution is -0.0500. The minimum Gasteiger partial charge on any atom is -0.456 e. The molecule has 53 heavy (non-hydrogen) atoms. The summed E-state index contributed by atoms with van der Waals surface area (Å²) in [6.45, 7) is 0. The van der Waals surface area contributed by atoms with E-state index in [-0.39, 0.29) is 0 Å². The highest BCUT2D eigenvalue weighted by molar-refractivity contribution is 7.88. The maximum atomic E-state index is 13.7. The first kappa shape index (κ1) is 32.8. The Kier molecular flexibility index (Phi) is 7.76. The van der Waals surface area contributed by atoms with Crippen LogP contribution in [0.1, 0.15) is 0 Å². The standard InChI is InChI=1S/C43H26F3NO4S2/c44-43(45,46)53(48,49)51-33-25-37-36-24-30(29-17-21-40-35(23-29)34-13-7-8-14-39(34)50-40)18-22-41(36)52-42(37)38(26-33)47(31-11-5-2-6-12-31)32-19-15-28(16-20-32)27-9-3-1-4-10-27/h1-26H. The molecule has 0 amide bonds. The second-order valence-corrected chi connectivity index (χ2v) is 15.1. The van der Waals surface area contributed by atoms with E-state index in [0.717, 1.165) is 64.7 Å². The summed E-state index contributed by atoms with van der Waals surface area (Å²) >= 11 is 1.46. The highest BCUT2D eigenvalue weighted by atomic mass is 32.2.